The topological polar surface area (TPSA) is 72.2 Å². The van der Waals surface area contributed by atoms with E-state index in [1.807, 2.05) is 6.92 Å². The molecule has 0 aliphatic heterocycles. The highest BCUT2D eigenvalue weighted by molar-refractivity contribution is 7.89. The summed E-state index contributed by atoms with van der Waals surface area (Å²) in [5, 5.41) is 0. The third-order valence-corrected chi connectivity index (χ3v) is 5.15. The molecule has 0 radical (unpaired) electrons. The van der Waals surface area contributed by atoms with Gasteiger partial charge in [-0.1, -0.05) is 19.3 Å². The second-order valence-corrected chi connectivity index (χ2v) is 6.99. The molecule has 1 atom stereocenters. The molecule has 0 bridgehead atoms. The van der Waals surface area contributed by atoms with Gasteiger partial charge in [0, 0.05) is 6.04 Å². The molecular formula is C12H26N2O2S. The van der Waals surface area contributed by atoms with Crippen molar-refractivity contribution >= 4 is 10.0 Å². The van der Waals surface area contributed by atoms with Crippen LogP contribution in [-0.4, -0.2) is 26.8 Å². The lowest BCUT2D eigenvalue weighted by atomic mass is 9.85. The van der Waals surface area contributed by atoms with Crippen LogP contribution >= 0.6 is 0 Å². The van der Waals surface area contributed by atoms with Crippen molar-refractivity contribution in [2.24, 2.45) is 11.7 Å². The highest BCUT2D eigenvalue weighted by atomic mass is 32.2. The Labute approximate surface area is 105 Å². The first kappa shape index (κ1) is 14.9. The minimum absolute atomic E-state index is 0.0816. The lowest BCUT2D eigenvalue weighted by Crippen LogP contribution is -2.40. The van der Waals surface area contributed by atoms with Gasteiger partial charge in [0.1, 0.15) is 0 Å². The first-order valence-electron chi connectivity index (χ1n) is 6.75. The Morgan fingerprint density at radius 3 is 2.47 bits per heavy atom. The van der Waals surface area contributed by atoms with Crippen molar-refractivity contribution in [3.8, 4) is 0 Å². The first-order valence-corrected chi connectivity index (χ1v) is 8.40. The molecule has 0 spiro atoms. The fourth-order valence-corrected chi connectivity index (χ4v) is 3.97. The third-order valence-electron chi connectivity index (χ3n) is 3.59. The van der Waals surface area contributed by atoms with Crippen molar-refractivity contribution in [2.75, 3.05) is 12.3 Å². The molecule has 102 valence electrons. The van der Waals surface area contributed by atoms with Gasteiger partial charge in [0.2, 0.25) is 10.0 Å². The molecule has 1 saturated carbocycles. The van der Waals surface area contributed by atoms with Crippen molar-refractivity contribution in [2.45, 2.75) is 57.9 Å². The fraction of sp³-hybridized carbons (Fsp3) is 1.00. The van der Waals surface area contributed by atoms with Gasteiger partial charge in [-0.15, -0.1) is 0 Å². The van der Waals surface area contributed by atoms with Crippen LogP contribution in [0.1, 0.15) is 51.9 Å². The normalized spacial score (nSPS) is 20.4. The third kappa shape index (κ3) is 5.84. The monoisotopic (exact) mass is 262 g/mol. The minimum Gasteiger partial charge on any atom is -0.330 e. The number of rotatable bonds is 7. The van der Waals surface area contributed by atoms with Crippen molar-refractivity contribution in [3.05, 3.63) is 0 Å². The van der Waals surface area contributed by atoms with Crippen LogP contribution in [0.4, 0.5) is 0 Å². The lowest BCUT2D eigenvalue weighted by Gasteiger charge is -2.28. The van der Waals surface area contributed by atoms with Gasteiger partial charge in [0.05, 0.1) is 5.75 Å². The fourth-order valence-electron chi connectivity index (χ4n) is 2.51. The molecule has 0 saturated heterocycles. The molecule has 0 aromatic rings. The molecule has 1 aliphatic rings. The summed E-state index contributed by atoms with van der Waals surface area (Å²) in [6.45, 7) is 2.56. The van der Waals surface area contributed by atoms with Crippen LogP contribution in [0.3, 0.4) is 0 Å². The van der Waals surface area contributed by atoms with Crippen LogP contribution in [0.2, 0.25) is 0 Å². The summed E-state index contributed by atoms with van der Waals surface area (Å²) in [7, 11) is -3.11. The van der Waals surface area contributed by atoms with E-state index in [9.17, 15) is 8.42 Å². The molecule has 4 nitrogen and oxygen atoms in total. The van der Waals surface area contributed by atoms with E-state index in [0.29, 0.717) is 18.9 Å². The molecule has 5 heteroatoms. The molecule has 0 aromatic heterocycles. The second kappa shape index (κ2) is 7.34. The Hall–Kier alpha value is -0.130. The highest BCUT2D eigenvalue weighted by Crippen LogP contribution is 2.26. The first-order chi connectivity index (χ1) is 8.05. The Kier molecular flexibility index (Phi) is 6.44. The van der Waals surface area contributed by atoms with E-state index in [1.54, 1.807) is 0 Å². The number of hydrogen-bond acceptors (Lipinski definition) is 3. The number of hydrogen-bond donors (Lipinski definition) is 2. The van der Waals surface area contributed by atoms with Crippen molar-refractivity contribution in [1.29, 1.82) is 0 Å². The van der Waals surface area contributed by atoms with E-state index in [0.717, 1.165) is 19.3 Å². The van der Waals surface area contributed by atoms with Crippen molar-refractivity contribution < 1.29 is 8.42 Å². The largest absolute Gasteiger partial charge is 0.330 e. The Morgan fingerprint density at radius 1 is 1.24 bits per heavy atom. The maximum atomic E-state index is 11.8. The molecule has 1 aliphatic carbocycles. The quantitative estimate of drug-likeness (QED) is 0.685. The van der Waals surface area contributed by atoms with Crippen LogP contribution in [-0.2, 0) is 10.0 Å². The zero-order chi connectivity index (χ0) is 12.7. The van der Waals surface area contributed by atoms with Gasteiger partial charge < -0.3 is 5.73 Å². The van der Waals surface area contributed by atoms with Gasteiger partial charge >= 0.3 is 0 Å². The summed E-state index contributed by atoms with van der Waals surface area (Å²) in [6.07, 6.45) is 7.53. The number of sulfonamides is 1. The molecule has 17 heavy (non-hydrogen) atoms. The van der Waals surface area contributed by atoms with Gasteiger partial charge in [-0.3, -0.25) is 0 Å². The van der Waals surface area contributed by atoms with Gasteiger partial charge in [0.15, 0.2) is 0 Å². The molecule has 0 amide bonds. The highest BCUT2D eigenvalue weighted by Gasteiger charge is 2.23. The zero-order valence-corrected chi connectivity index (χ0v) is 11.6. The van der Waals surface area contributed by atoms with E-state index >= 15 is 0 Å². The average Bonchev–Trinajstić information content (AvgIpc) is 2.30. The molecule has 3 N–H and O–H groups in total. The number of nitrogens with two attached hydrogens (primary N) is 1. The van der Waals surface area contributed by atoms with E-state index in [1.165, 1.54) is 19.3 Å². The molecule has 0 heterocycles. The summed E-state index contributed by atoms with van der Waals surface area (Å²) in [4.78, 5) is 0. The summed E-state index contributed by atoms with van der Waals surface area (Å²) < 4.78 is 26.4. The molecular weight excluding hydrogens is 236 g/mol. The Bertz CT molecular complexity index is 298. The molecule has 0 aromatic carbocycles. The maximum absolute atomic E-state index is 11.8. The van der Waals surface area contributed by atoms with E-state index < -0.39 is 10.0 Å². The van der Waals surface area contributed by atoms with Gasteiger partial charge in [-0.25, -0.2) is 13.1 Å². The molecule has 1 unspecified atom stereocenters. The zero-order valence-electron chi connectivity index (χ0n) is 10.8. The van der Waals surface area contributed by atoms with Crippen molar-refractivity contribution in [3.63, 3.8) is 0 Å². The van der Waals surface area contributed by atoms with Crippen LogP contribution in [0, 0.1) is 5.92 Å². The summed E-state index contributed by atoms with van der Waals surface area (Å²) in [5.41, 5.74) is 5.36. The molecule has 1 fully saturated rings. The second-order valence-electron chi connectivity index (χ2n) is 5.12. The summed E-state index contributed by atoms with van der Waals surface area (Å²) in [6, 6.07) is 0.0816. The van der Waals surface area contributed by atoms with E-state index in [2.05, 4.69) is 4.72 Å². The summed E-state index contributed by atoms with van der Waals surface area (Å²) >= 11 is 0. The summed E-state index contributed by atoms with van der Waals surface area (Å²) in [5.74, 6) is 0.731. The lowest BCUT2D eigenvalue weighted by molar-refractivity contribution is 0.303. The van der Waals surface area contributed by atoms with E-state index in [4.69, 9.17) is 5.73 Å². The predicted octanol–water partition coefficient (Wildman–Crippen LogP) is 1.61. The van der Waals surface area contributed by atoms with Crippen LogP contribution in [0.25, 0.3) is 0 Å². The Morgan fingerprint density at radius 2 is 1.88 bits per heavy atom. The predicted molar refractivity (Wildman–Crippen MR) is 71.2 cm³/mol. The standard InChI is InChI=1S/C12H26N2O2S/c1-11(12-7-3-2-4-8-12)14-17(15,16)10-6-5-9-13/h11-12,14H,2-10,13H2,1H3. The molecule has 1 rings (SSSR count). The Balaban J connectivity index is 2.34. The van der Waals surface area contributed by atoms with Crippen molar-refractivity contribution in [1.82, 2.24) is 4.72 Å². The number of nitrogens with one attached hydrogen (secondary N) is 1. The van der Waals surface area contributed by atoms with Gasteiger partial charge in [-0.05, 0) is 45.1 Å². The van der Waals surface area contributed by atoms with Crippen LogP contribution < -0.4 is 10.5 Å². The van der Waals surface area contributed by atoms with E-state index in [-0.39, 0.29) is 11.8 Å². The number of unbranched alkanes of at least 4 members (excludes halogenated alkanes) is 1. The minimum atomic E-state index is -3.11. The average molecular weight is 262 g/mol. The smallest absolute Gasteiger partial charge is 0.211 e. The van der Waals surface area contributed by atoms with Gasteiger partial charge in [-0.2, -0.15) is 0 Å². The van der Waals surface area contributed by atoms with Crippen LogP contribution in [0.15, 0.2) is 0 Å². The van der Waals surface area contributed by atoms with Crippen LogP contribution in [0.5, 0.6) is 0 Å². The maximum Gasteiger partial charge on any atom is 0.211 e. The SMILES string of the molecule is CC(NS(=O)(=O)CCCCN)C1CCCCC1. The van der Waals surface area contributed by atoms with Gasteiger partial charge in [0.25, 0.3) is 0 Å².